The van der Waals surface area contributed by atoms with E-state index >= 15 is 0 Å². The Bertz CT molecular complexity index is 1170. The van der Waals surface area contributed by atoms with Crippen LogP contribution in [-0.2, 0) is 29.0 Å². The van der Waals surface area contributed by atoms with Gasteiger partial charge in [0.2, 0.25) is 32.7 Å². The molecule has 10 nitrogen and oxygen atoms in total. The number of fused-ring (bicyclic) bond motifs is 1. The Morgan fingerprint density at radius 3 is 2.30 bits per heavy atom. The molecular weight excluding hydrogens is 560 g/mol. The second kappa shape index (κ2) is 11.6. The van der Waals surface area contributed by atoms with Crippen molar-refractivity contribution in [2.75, 3.05) is 19.3 Å². The van der Waals surface area contributed by atoms with Crippen molar-refractivity contribution in [3.8, 4) is 0 Å². The maximum absolute atomic E-state index is 14.5. The third-order valence-corrected chi connectivity index (χ3v) is 8.65. The zero-order chi connectivity index (χ0) is 30.2. The molecule has 3 N–H and O–H groups in total. The summed E-state index contributed by atoms with van der Waals surface area (Å²) in [5.74, 6) is -5.25. The largest absolute Gasteiger partial charge is 0.471 e. The molecule has 1 aliphatic carbocycles. The number of nitrogens with zero attached hydrogens (tertiary/aromatic N) is 1. The highest BCUT2D eigenvalue weighted by atomic mass is 32.2. The molecular formula is C25H36F4N4O6S. The minimum atomic E-state index is -5.22. The van der Waals surface area contributed by atoms with Gasteiger partial charge in [-0.15, -0.1) is 0 Å². The topological polar surface area (TPSA) is 142 Å². The lowest BCUT2D eigenvalue weighted by molar-refractivity contribution is -0.176. The minimum absolute atomic E-state index is 0.0826. The highest BCUT2D eigenvalue weighted by Crippen LogP contribution is 2.43. The molecule has 0 aromatic rings. The predicted octanol–water partition coefficient (Wildman–Crippen LogP) is 1.57. The van der Waals surface area contributed by atoms with Crippen LogP contribution in [0.2, 0.25) is 0 Å². The molecule has 2 aliphatic heterocycles. The first-order valence-electron chi connectivity index (χ1n) is 13.1. The maximum atomic E-state index is 14.5. The van der Waals surface area contributed by atoms with Crippen LogP contribution in [0.5, 0.6) is 0 Å². The summed E-state index contributed by atoms with van der Waals surface area (Å²) < 4.78 is 77.1. The van der Waals surface area contributed by atoms with Crippen molar-refractivity contribution in [2.45, 2.75) is 77.2 Å². The first-order valence-corrected chi connectivity index (χ1v) is 15.0. The third-order valence-electron chi connectivity index (χ3n) is 7.80. The van der Waals surface area contributed by atoms with Crippen LogP contribution >= 0.6 is 0 Å². The highest BCUT2D eigenvalue weighted by Gasteiger charge is 2.53. The number of rotatable bonds is 8. The van der Waals surface area contributed by atoms with Gasteiger partial charge in [-0.05, 0) is 49.0 Å². The lowest BCUT2D eigenvalue weighted by Gasteiger charge is -2.36. The molecule has 3 rings (SSSR count). The van der Waals surface area contributed by atoms with Crippen LogP contribution in [0.3, 0.4) is 0 Å². The first kappa shape index (κ1) is 31.8. The van der Waals surface area contributed by atoms with Crippen molar-refractivity contribution in [2.24, 2.45) is 23.2 Å². The first-order chi connectivity index (χ1) is 18.3. The molecule has 0 aromatic heterocycles. The summed E-state index contributed by atoms with van der Waals surface area (Å²) in [5, 5.41) is 5.50. The van der Waals surface area contributed by atoms with E-state index in [4.69, 9.17) is 0 Å². The van der Waals surface area contributed by atoms with Crippen LogP contribution in [0.25, 0.3) is 0 Å². The Morgan fingerprint density at radius 1 is 1.12 bits per heavy atom. The van der Waals surface area contributed by atoms with Crippen LogP contribution in [0.1, 0.15) is 52.9 Å². The summed E-state index contributed by atoms with van der Waals surface area (Å²) in [5.41, 5.74) is -1.14. The smallest absolute Gasteiger partial charge is 0.356 e. The number of likely N-dealkylation sites (tertiary alicyclic amines) is 1. The van der Waals surface area contributed by atoms with Crippen molar-refractivity contribution in [3.05, 3.63) is 11.2 Å². The molecule has 4 amide bonds. The number of hydrogen-bond acceptors (Lipinski definition) is 6. The molecule has 3 aliphatic rings. The number of amides is 4. The summed E-state index contributed by atoms with van der Waals surface area (Å²) in [6.45, 7) is 4.91. The second-order valence-corrected chi connectivity index (χ2v) is 13.9. The normalized spacial score (nSPS) is 27.1. The van der Waals surface area contributed by atoms with Gasteiger partial charge in [0, 0.05) is 25.3 Å². The summed E-state index contributed by atoms with van der Waals surface area (Å²) in [6.07, 6.45) is -1.55. The Balaban J connectivity index is 1.91. The summed E-state index contributed by atoms with van der Waals surface area (Å²) in [7, 11) is -4.24. The fourth-order valence-corrected chi connectivity index (χ4v) is 6.20. The lowest BCUT2D eigenvalue weighted by Crippen LogP contribution is -2.60. The van der Waals surface area contributed by atoms with Gasteiger partial charge in [-0.25, -0.2) is 8.42 Å². The van der Waals surface area contributed by atoms with Crippen LogP contribution in [0, 0.1) is 23.2 Å². The molecule has 0 spiro atoms. The minimum Gasteiger partial charge on any atom is -0.356 e. The SMILES string of the molecule is CC(C)(C)[C@H](NC(=O)C(F)(F)F)C(=O)N1C[C@@H]2CCC[C@@H]2[C@H]1C(=O)N[C@@H](/C=C(\F)S(C)(=O)=O)C[C@H]1CCNC1=O. The van der Waals surface area contributed by atoms with Gasteiger partial charge >= 0.3 is 12.1 Å². The standard InChI is InChI=1S/C25H36F4N4O6S/c1-24(2,3)19(32-23(37)25(27,28)29)22(36)33-12-14-6-5-7-16(14)18(33)21(35)31-15(11-17(26)40(4,38)39)10-13-8-9-30-20(13)34/h11,13-16,18-19H,5-10,12H2,1-4H3,(H,30,34)(H,31,35)(H,32,37)/b17-11+/t13-,14+,15-,16+,18+,19-/m1/s1. The molecule has 6 atom stereocenters. The lowest BCUT2D eigenvalue weighted by atomic mass is 9.85. The Morgan fingerprint density at radius 2 is 1.77 bits per heavy atom. The van der Waals surface area contributed by atoms with E-state index in [1.54, 1.807) is 5.32 Å². The number of halogens is 4. The molecule has 40 heavy (non-hydrogen) atoms. The average molecular weight is 597 g/mol. The molecule has 15 heteroatoms. The van der Waals surface area contributed by atoms with Crippen molar-refractivity contribution in [3.63, 3.8) is 0 Å². The van der Waals surface area contributed by atoms with Crippen LogP contribution in [-0.4, -0.2) is 80.6 Å². The van der Waals surface area contributed by atoms with E-state index in [2.05, 4.69) is 10.6 Å². The van der Waals surface area contributed by atoms with Gasteiger partial charge in [-0.1, -0.05) is 27.2 Å². The quantitative estimate of drug-likeness (QED) is 0.364. The number of nitrogens with one attached hydrogen (secondary N) is 3. The van der Waals surface area contributed by atoms with E-state index in [0.29, 0.717) is 38.1 Å². The van der Waals surface area contributed by atoms with Crippen molar-refractivity contribution in [1.29, 1.82) is 0 Å². The molecule has 0 radical (unpaired) electrons. The fraction of sp³-hybridized carbons (Fsp3) is 0.760. The summed E-state index contributed by atoms with van der Waals surface area (Å²) >= 11 is 0. The van der Waals surface area contributed by atoms with Gasteiger partial charge in [0.15, 0.2) is 0 Å². The van der Waals surface area contributed by atoms with Crippen molar-refractivity contribution >= 4 is 33.5 Å². The number of carbonyl (C=O) groups is 4. The number of hydrogen-bond donors (Lipinski definition) is 3. The summed E-state index contributed by atoms with van der Waals surface area (Å²) in [4.78, 5) is 52.4. The van der Waals surface area contributed by atoms with Crippen LogP contribution in [0.15, 0.2) is 11.2 Å². The molecule has 1 saturated carbocycles. The van der Waals surface area contributed by atoms with Gasteiger partial charge in [-0.3, -0.25) is 19.2 Å². The van der Waals surface area contributed by atoms with Crippen LogP contribution < -0.4 is 16.0 Å². The van der Waals surface area contributed by atoms with E-state index in [1.165, 1.54) is 25.7 Å². The van der Waals surface area contributed by atoms with Gasteiger partial charge in [0.1, 0.15) is 12.1 Å². The van der Waals surface area contributed by atoms with Gasteiger partial charge in [0.25, 0.3) is 0 Å². The second-order valence-electron chi connectivity index (χ2n) is 11.9. The summed E-state index contributed by atoms with van der Waals surface area (Å²) in [6, 6.07) is -3.95. The third kappa shape index (κ3) is 7.32. The fourth-order valence-electron chi connectivity index (χ4n) is 5.79. The molecule has 3 fully saturated rings. The zero-order valence-corrected chi connectivity index (χ0v) is 23.6. The zero-order valence-electron chi connectivity index (χ0n) is 22.8. The Hall–Kier alpha value is -2.71. The number of carbonyl (C=O) groups excluding carboxylic acids is 4. The molecule has 2 heterocycles. The highest BCUT2D eigenvalue weighted by molar-refractivity contribution is 7.94. The van der Waals surface area contributed by atoms with E-state index in [1.807, 2.05) is 0 Å². The average Bonchev–Trinajstić information content (AvgIpc) is 3.50. The maximum Gasteiger partial charge on any atom is 0.471 e. The number of sulfone groups is 1. The van der Waals surface area contributed by atoms with E-state index in [9.17, 15) is 45.2 Å². The Labute approximate surface area is 230 Å². The van der Waals surface area contributed by atoms with Crippen LogP contribution in [0.4, 0.5) is 17.6 Å². The predicted molar refractivity (Wildman–Crippen MR) is 135 cm³/mol. The van der Waals surface area contributed by atoms with Gasteiger partial charge in [-0.2, -0.15) is 17.6 Å². The van der Waals surface area contributed by atoms with E-state index < -0.39 is 68.4 Å². The van der Waals surface area contributed by atoms with Gasteiger partial charge < -0.3 is 20.9 Å². The molecule has 0 unspecified atom stereocenters. The molecule has 2 saturated heterocycles. The van der Waals surface area contributed by atoms with Gasteiger partial charge in [0.05, 0.1) is 6.04 Å². The van der Waals surface area contributed by atoms with E-state index in [0.717, 1.165) is 6.42 Å². The van der Waals surface area contributed by atoms with Crippen molar-refractivity contribution in [1.82, 2.24) is 20.9 Å². The Kier molecular flexibility index (Phi) is 9.26. The molecule has 0 bridgehead atoms. The molecule has 226 valence electrons. The van der Waals surface area contributed by atoms with E-state index in [-0.39, 0.29) is 30.7 Å². The van der Waals surface area contributed by atoms with Crippen molar-refractivity contribution < 1.29 is 45.2 Å². The monoisotopic (exact) mass is 596 g/mol. The number of alkyl halides is 3. The molecule has 0 aromatic carbocycles.